The molecule has 0 unspecified atom stereocenters. The first-order valence-electron chi connectivity index (χ1n) is 10.5. The number of para-hydroxylation sites is 1. The number of benzene rings is 3. The van der Waals surface area contributed by atoms with E-state index in [2.05, 4.69) is 10.2 Å². The van der Waals surface area contributed by atoms with Crippen molar-refractivity contribution in [2.45, 2.75) is 30.6 Å². The SMILES string of the molecule is Cc1ccc(Cn2c(=O)c3ccccc3n3c(SCc4cccc(C(F)(F)F)c4)nnc23)cc1. The van der Waals surface area contributed by atoms with Crippen LogP contribution in [0.3, 0.4) is 0 Å². The molecule has 0 aliphatic rings. The standard InChI is InChI=1S/C25H19F3N4OS/c1-16-9-11-17(12-10-16)14-31-22(33)20-7-2-3-8-21(20)32-23(31)29-30-24(32)34-15-18-5-4-6-19(13-18)25(26,27)28/h2-13H,14-15H2,1H3. The summed E-state index contributed by atoms with van der Waals surface area (Å²) in [6, 6.07) is 20.3. The average Bonchev–Trinajstić information content (AvgIpc) is 3.25. The van der Waals surface area contributed by atoms with Crippen LogP contribution in [-0.2, 0) is 18.5 Å². The number of aryl methyl sites for hydroxylation is 1. The molecule has 0 saturated heterocycles. The first-order chi connectivity index (χ1) is 16.3. The summed E-state index contributed by atoms with van der Waals surface area (Å²) in [6.07, 6.45) is -4.40. The minimum absolute atomic E-state index is 0.175. The molecule has 0 saturated carbocycles. The summed E-state index contributed by atoms with van der Waals surface area (Å²) in [7, 11) is 0. The summed E-state index contributed by atoms with van der Waals surface area (Å²) in [6.45, 7) is 2.32. The molecule has 0 atom stereocenters. The molecule has 5 rings (SSSR count). The van der Waals surface area contributed by atoms with Crippen molar-refractivity contribution in [1.29, 1.82) is 0 Å². The van der Waals surface area contributed by atoms with E-state index in [1.807, 2.05) is 43.3 Å². The molecule has 0 aliphatic carbocycles. The van der Waals surface area contributed by atoms with E-state index < -0.39 is 11.7 Å². The Kier molecular flexibility index (Phi) is 5.65. The van der Waals surface area contributed by atoms with Gasteiger partial charge < -0.3 is 0 Å². The maximum atomic E-state index is 13.3. The number of rotatable bonds is 5. The molecule has 9 heteroatoms. The molecule has 0 bridgehead atoms. The van der Waals surface area contributed by atoms with E-state index in [0.717, 1.165) is 23.3 Å². The van der Waals surface area contributed by atoms with Crippen LogP contribution < -0.4 is 5.56 Å². The van der Waals surface area contributed by atoms with Crippen molar-refractivity contribution in [1.82, 2.24) is 19.2 Å². The zero-order chi connectivity index (χ0) is 23.9. The maximum Gasteiger partial charge on any atom is 0.416 e. The molecular weight excluding hydrogens is 461 g/mol. The highest BCUT2D eigenvalue weighted by Crippen LogP contribution is 2.31. The van der Waals surface area contributed by atoms with E-state index in [9.17, 15) is 18.0 Å². The number of halogens is 3. The van der Waals surface area contributed by atoms with E-state index in [0.29, 0.717) is 33.9 Å². The van der Waals surface area contributed by atoms with Gasteiger partial charge in [-0.25, -0.2) is 0 Å². The predicted molar refractivity (Wildman–Crippen MR) is 126 cm³/mol. The fraction of sp³-hybridized carbons (Fsp3) is 0.160. The van der Waals surface area contributed by atoms with Crippen molar-refractivity contribution < 1.29 is 13.2 Å². The molecule has 5 nitrogen and oxygen atoms in total. The van der Waals surface area contributed by atoms with Gasteiger partial charge in [0.05, 0.1) is 23.0 Å². The summed E-state index contributed by atoms with van der Waals surface area (Å²) >= 11 is 1.27. The fourth-order valence-corrected chi connectivity index (χ4v) is 4.71. The number of alkyl halides is 3. The molecule has 34 heavy (non-hydrogen) atoms. The third-order valence-corrected chi connectivity index (χ3v) is 6.56. The van der Waals surface area contributed by atoms with Crippen LogP contribution in [0.2, 0.25) is 0 Å². The smallest absolute Gasteiger partial charge is 0.272 e. The highest BCUT2D eigenvalue weighted by Gasteiger charge is 2.30. The number of nitrogens with zero attached hydrogens (tertiary/aromatic N) is 4. The van der Waals surface area contributed by atoms with Crippen LogP contribution in [-0.4, -0.2) is 19.2 Å². The zero-order valence-electron chi connectivity index (χ0n) is 18.1. The van der Waals surface area contributed by atoms with Gasteiger partial charge in [-0.15, -0.1) is 10.2 Å². The van der Waals surface area contributed by atoms with E-state index in [4.69, 9.17) is 0 Å². The van der Waals surface area contributed by atoms with Crippen LogP contribution in [0.1, 0.15) is 22.3 Å². The number of thioether (sulfide) groups is 1. The Bertz CT molecular complexity index is 1560. The lowest BCUT2D eigenvalue weighted by Gasteiger charge is -2.12. The second-order valence-corrected chi connectivity index (χ2v) is 8.94. The van der Waals surface area contributed by atoms with Gasteiger partial charge in [0.25, 0.3) is 5.56 Å². The number of aromatic nitrogens is 4. The Balaban J connectivity index is 1.57. The van der Waals surface area contributed by atoms with Crippen LogP contribution in [0.15, 0.2) is 82.7 Å². The lowest BCUT2D eigenvalue weighted by atomic mass is 10.1. The Labute approximate surface area is 196 Å². The van der Waals surface area contributed by atoms with Crippen molar-refractivity contribution in [3.8, 4) is 0 Å². The molecule has 0 amide bonds. The van der Waals surface area contributed by atoms with E-state index in [1.54, 1.807) is 27.2 Å². The van der Waals surface area contributed by atoms with E-state index in [1.165, 1.54) is 17.8 Å². The molecule has 2 aromatic heterocycles. The zero-order valence-corrected chi connectivity index (χ0v) is 18.9. The molecule has 5 aromatic rings. The van der Waals surface area contributed by atoms with Gasteiger partial charge in [0.15, 0.2) is 5.16 Å². The number of fused-ring (bicyclic) bond motifs is 3. The van der Waals surface area contributed by atoms with Gasteiger partial charge >= 0.3 is 6.18 Å². The van der Waals surface area contributed by atoms with Crippen LogP contribution >= 0.6 is 11.8 Å². The Morgan fingerprint density at radius 3 is 2.44 bits per heavy atom. The topological polar surface area (TPSA) is 52.2 Å². The minimum atomic E-state index is -4.40. The highest BCUT2D eigenvalue weighted by molar-refractivity contribution is 7.98. The van der Waals surface area contributed by atoms with Crippen molar-refractivity contribution >= 4 is 28.4 Å². The van der Waals surface area contributed by atoms with Crippen molar-refractivity contribution in [2.24, 2.45) is 0 Å². The quantitative estimate of drug-likeness (QED) is 0.302. The minimum Gasteiger partial charge on any atom is -0.272 e. The second kappa shape index (κ2) is 8.64. The summed E-state index contributed by atoms with van der Waals surface area (Å²) in [5.74, 6) is 0.659. The highest BCUT2D eigenvalue weighted by atomic mass is 32.2. The van der Waals surface area contributed by atoms with Gasteiger partial charge in [-0.05, 0) is 36.2 Å². The third-order valence-electron chi connectivity index (χ3n) is 5.56. The molecule has 0 spiro atoms. The van der Waals surface area contributed by atoms with Gasteiger partial charge in [0.2, 0.25) is 5.78 Å². The van der Waals surface area contributed by atoms with Crippen molar-refractivity contribution in [3.63, 3.8) is 0 Å². The average molecular weight is 481 g/mol. The lowest BCUT2D eigenvalue weighted by molar-refractivity contribution is -0.137. The molecule has 2 heterocycles. The van der Waals surface area contributed by atoms with Crippen LogP contribution in [0.25, 0.3) is 16.7 Å². The van der Waals surface area contributed by atoms with Gasteiger partial charge in [0.1, 0.15) is 0 Å². The molecule has 0 N–H and O–H groups in total. The summed E-state index contributed by atoms with van der Waals surface area (Å²) in [5, 5.41) is 9.59. The van der Waals surface area contributed by atoms with E-state index in [-0.39, 0.29) is 11.3 Å². The molecule has 3 aromatic carbocycles. The monoisotopic (exact) mass is 480 g/mol. The van der Waals surface area contributed by atoms with Crippen molar-refractivity contribution in [3.05, 3.63) is 105 Å². The van der Waals surface area contributed by atoms with Crippen molar-refractivity contribution in [2.75, 3.05) is 0 Å². The number of hydrogen-bond acceptors (Lipinski definition) is 4. The lowest BCUT2D eigenvalue weighted by Crippen LogP contribution is -2.24. The summed E-state index contributed by atoms with van der Waals surface area (Å²) in [5.41, 5.74) is 2.38. The number of hydrogen-bond donors (Lipinski definition) is 0. The van der Waals surface area contributed by atoms with Gasteiger partial charge in [-0.1, -0.05) is 71.9 Å². The second-order valence-electron chi connectivity index (χ2n) is 8.00. The van der Waals surface area contributed by atoms with Gasteiger partial charge in [-0.3, -0.25) is 13.8 Å². The molecule has 0 aliphatic heterocycles. The van der Waals surface area contributed by atoms with E-state index >= 15 is 0 Å². The fourth-order valence-electron chi connectivity index (χ4n) is 3.83. The first-order valence-corrected chi connectivity index (χ1v) is 11.5. The van der Waals surface area contributed by atoms with Gasteiger partial charge in [0, 0.05) is 5.75 Å². The molecule has 0 fully saturated rings. The Morgan fingerprint density at radius 1 is 0.912 bits per heavy atom. The molecular formula is C25H19F3N4OS. The summed E-state index contributed by atoms with van der Waals surface area (Å²) < 4.78 is 42.6. The molecule has 0 radical (unpaired) electrons. The predicted octanol–water partition coefficient (Wildman–Crippen LogP) is 5.71. The van der Waals surface area contributed by atoms with Crippen LogP contribution in [0, 0.1) is 6.92 Å². The normalized spacial score (nSPS) is 12.0. The maximum absolute atomic E-state index is 13.3. The largest absolute Gasteiger partial charge is 0.416 e. The Hall–Kier alpha value is -3.59. The van der Waals surface area contributed by atoms with Gasteiger partial charge in [-0.2, -0.15) is 13.2 Å². The summed E-state index contributed by atoms with van der Waals surface area (Å²) in [4.78, 5) is 13.3. The Morgan fingerprint density at radius 2 is 1.68 bits per heavy atom. The molecule has 172 valence electrons. The van der Waals surface area contributed by atoms with Crippen LogP contribution in [0.5, 0.6) is 0 Å². The third kappa shape index (κ3) is 4.19. The van der Waals surface area contributed by atoms with Crippen LogP contribution in [0.4, 0.5) is 13.2 Å². The first kappa shape index (κ1) is 22.2.